The molecule has 2 aliphatic rings. The van der Waals surface area contributed by atoms with Crippen LogP contribution < -0.4 is 10.6 Å². The van der Waals surface area contributed by atoms with Gasteiger partial charge in [0.25, 0.3) is 5.91 Å². The first-order chi connectivity index (χ1) is 15.2. The van der Waals surface area contributed by atoms with Gasteiger partial charge in [-0.15, -0.1) is 0 Å². The van der Waals surface area contributed by atoms with Gasteiger partial charge in [0, 0.05) is 22.3 Å². The summed E-state index contributed by atoms with van der Waals surface area (Å²) in [4.78, 5) is 15.5. The van der Waals surface area contributed by atoms with Gasteiger partial charge in [0.1, 0.15) is 0 Å². The van der Waals surface area contributed by atoms with E-state index in [1.54, 1.807) is 0 Å². The number of hydrogen-bond donors (Lipinski definition) is 2. The van der Waals surface area contributed by atoms with Crippen molar-refractivity contribution < 1.29 is 4.79 Å². The number of rotatable bonds is 5. The SMILES string of the molecule is O=C1Nc2cc(Br)ccc2/C1=C(/Nc1ccc(CN2CCCC2)cc1)c1ccccc1. The fourth-order valence-electron chi connectivity index (χ4n) is 4.31. The molecule has 0 bridgehead atoms. The molecule has 156 valence electrons. The van der Waals surface area contributed by atoms with Crippen molar-refractivity contribution in [1.29, 1.82) is 0 Å². The molecule has 0 spiro atoms. The van der Waals surface area contributed by atoms with Crippen LogP contribution in [0, 0.1) is 0 Å². The summed E-state index contributed by atoms with van der Waals surface area (Å²) in [7, 11) is 0. The van der Waals surface area contributed by atoms with Crippen LogP contribution in [0.3, 0.4) is 0 Å². The van der Waals surface area contributed by atoms with Crippen LogP contribution in [0.2, 0.25) is 0 Å². The Kier molecular flexibility index (Phi) is 5.62. The smallest absolute Gasteiger partial charge is 0.258 e. The van der Waals surface area contributed by atoms with Crippen molar-refractivity contribution in [3.63, 3.8) is 0 Å². The normalized spacial score (nSPS) is 17.4. The lowest BCUT2D eigenvalue weighted by molar-refractivity contribution is -0.110. The van der Waals surface area contributed by atoms with Crippen molar-refractivity contribution >= 4 is 44.5 Å². The predicted molar refractivity (Wildman–Crippen MR) is 131 cm³/mol. The number of fused-ring (bicyclic) bond motifs is 1. The first-order valence-corrected chi connectivity index (χ1v) is 11.5. The zero-order chi connectivity index (χ0) is 21.2. The topological polar surface area (TPSA) is 44.4 Å². The lowest BCUT2D eigenvalue weighted by atomic mass is 10.00. The molecule has 2 heterocycles. The summed E-state index contributed by atoms with van der Waals surface area (Å²) in [5.74, 6) is -0.0925. The molecular weight excluding hydrogens is 450 g/mol. The van der Waals surface area contributed by atoms with Gasteiger partial charge < -0.3 is 10.6 Å². The number of halogens is 1. The van der Waals surface area contributed by atoms with Gasteiger partial charge in [0.2, 0.25) is 0 Å². The first kappa shape index (κ1) is 20.0. The fourth-order valence-corrected chi connectivity index (χ4v) is 4.67. The van der Waals surface area contributed by atoms with Crippen LogP contribution in [0.1, 0.15) is 29.5 Å². The summed E-state index contributed by atoms with van der Waals surface area (Å²) in [6.07, 6.45) is 2.60. The quantitative estimate of drug-likeness (QED) is 0.448. The highest BCUT2D eigenvalue weighted by atomic mass is 79.9. The van der Waals surface area contributed by atoms with Crippen LogP contribution in [0.25, 0.3) is 11.3 Å². The number of likely N-dealkylation sites (tertiary alicyclic amines) is 1. The molecule has 0 aliphatic carbocycles. The number of nitrogens with one attached hydrogen (secondary N) is 2. The minimum absolute atomic E-state index is 0.0925. The van der Waals surface area contributed by atoms with E-state index in [-0.39, 0.29) is 5.91 Å². The van der Waals surface area contributed by atoms with Gasteiger partial charge in [0.05, 0.1) is 17.0 Å². The summed E-state index contributed by atoms with van der Waals surface area (Å²) in [6.45, 7) is 3.38. The molecule has 0 unspecified atom stereocenters. The molecule has 2 N–H and O–H groups in total. The molecule has 3 aromatic carbocycles. The summed E-state index contributed by atoms with van der Waals surface area (Å²) >= 11 is 3.49. The van der Waals surface area contributed by atoms with E-state index in [2.05, 4.69) is 55.7 Å². The van der Waals surface area contributed by atoms with Crippen molar-refractivity contribution in [1.82, 2.24) is 4.90 Å². The van der Waals surface area contributed by atoms with E-state index >= 15 is 0 Å². The molecule has 5 heteroatoms. The largest absolute Gasteiger partial charge is 0.354 e. The maximum Gasteiger partial charge on any atom is 0.258 e. The van der Waals surface area contributed by atoms with Crippen molar-refractivity contribution in [2.45, 2.75) is 19.4 Å². The molecular formula is C26H24BrN3O. The molecule has 0 saturated carbocycles. The number of carbonyl (C=O) groups excluding carboxylic acids is 1. The average molecular weight is 474 g/mol. The van der Waals surface area contributed by atoms with Crippen LogP contribution in [0.5, 0.6) is 0 Å². The van der Waals surface area contributed by atoms with Crippen LogP contribution in [0.15, 0.2) is 77.3 Å². The second-order valence-corrected chi connectivity index (χ2v) is 8.98. The number of benzene rings is 3. The van der Waals surface area contributed by atoms with E-state index in [0.717, 1.165) is 39.2 Å². The summed E-state index contributed by atoms with van der Waals surface area (Å²) in [5.41, 5.74) is 6.46. The van der Waals surface area contributed by atoms with Crippen LogP contribution in [-0.4, -0.2) is 23.9 Å². The van der Waals surface area contributed by atoms with E-state index < -0.39 is 0 Å². The zero-order valence-corrected chi connectivity index (χ0v) is 18.8. The van der Waals surface area contributed by atoms with Gasteiger partial charge >= 0.3 is 0 Å². The summed E-state index contributed by atoms with van der Waals surface area (Å²) < 4.78 is 0.940. The average Bonchev–Trinajstić information content (AvgIpc) is 3.40. The van der Waals surface area contributed by atoms with Gasteiger partial charge in [0.15, 0.2) is 0 Å². The molecule has 0 atom stereocenters. The third kappa shape index (κ3) is 4.29. The second-order valence-electron chi connectivity index (χ2n) is 8.07. The van der Waals surface area contributed by atoms with E-state index in [0.29, 0.717) is 5.57 Å². The Morgan fingerprint density at radius 3 is 2.45 bits per heavy atom. The van der Waals surface area contributed by atoms with Crippen LogP contribution in [0.4, 0.5) is 11.4 Å². The Balaban J connectivity index is 1.50. The van der Waals surface area contributed by atoms with Gasteiger partial charge in [-0.3, -0.25) is 9.69 Å². The third-order valence-corrected chi connectivity index (χ3v) is 6.36. The highest BCUT2D eigenvalue weighted by Gasteiger charge is 2.28. The molecule has 1 amide bonds. The summed E-state index contributed by atoms with van der Waals surface area (Å²) in [6, 6.07) is 24.5. The van der Waals surface area contributed by atoms with Crippen molar-refractivity contribution in [2.24, 2.45) is 0 Å². The monoisotopic (exact) mass is 473 g/mol. The maximum atomic E-state index is 13.0. The Bertz CT molecular complexity index is 1130. The van der Waals surface area contributed by atoms with E-state index in [1.807, 2.05) is 48.5 Å². The standard InChI is InChI=1S/C26H24BrN3O/c27-20-10-13-22-23(16-20)29-26(31)24(22)25(19-6-2-1-3-7-19)28-21-11-8-18(9-12-21)17-30-14-4-5-15-30/h1-3,6-13,16,28H,4-5,14-15,17H2,(H,29,31)/b25-24-. The highest BCUT2D eigenvalue weighted by molar-refractivity contribution is 9.10. The van der Waals surface area contributed by atoms with E-state index in [1.165, 1.54) is 31.5 Å². The molecule has 4 nitrogen and oxygen atoms in total. The number of anilines is 2. The van der Waals surface area contributed by atoms with Crippen LogP contribution >= 0.6 is 15.9 Å². The van der Waals surface area contributed by atoms with Gasteiger partial charge in [-0.1, -0.05) is 64.5 Å². The van der Waals surface area contributed by atoms with Gasteiger partial charge in [-0.05, 0) is 61.3 Å². The van der Waals surface area contributed by atoms with Crippen molar-refractivity contribution in [2.75, 3.05) is 23.7 Å². The maximum absolute atomic E-state index is 13.0. The molecule has 5 rings (SSSR count). The number of hydrogen-bond acceptors (Lipinski definition) is 3. The van der Waals surface area contributed by atoms with Crippen LogP contribution in [-0.2, 0) is 11.3 Å². The minimum Gasteiger partial charge on any atom is -0.354 e. The van der Waals surface area contributed by atoms with Gasteiger partial charge in [-0.25, -0.2) is 0 Å². The Hall–Kier alpha value is -2.89. The Morgan fingerprint density at radius 1 is 0.968 bits per heavy atom. The molecule has 1 saturated heterocycles. The molecule has 3 aromatic rings. The lowest BCUT2D eigenvalue weighted by Gasteiger charge is -2.17. The Labute approximate surface area is 191 Å². The molecule has 31 heavy (non-hydrogen) atoms. The van der Waals surface area contributed by atoms with Gasteiger partial charge in [-0.2, -0.15) is 0 Å². The number of carbonyl (C=O) groups is 1. The number of nitrogens with zero attached hydrogens (tertiary/aromatic N) is 1. The second kappa shape index (κ2) is 8.69. The first-order valence-electron chi connectivity index (χ1n) is 10.7. The van der Waals surface area contributed by atoms with E-state index in [4.69, 9.17) is 0 Å². The summed E-state index contributed by atoms with van der Waals surface area (Å²) in [5, 5.41) is 6.54. The predicted octanol–water partition coefficient (Wildman–Crippen LogP) is 5.98. The van der Waals surface area contributed by atoms with Crippen molar-refractivity contribution in [3.8, 4) is 0 Å². The fraction of sp³-hybridized carbons (Fsp3) is 0.192. The Morgan fingerprint density at radius 2 is 1.71 bits per heavy atom. The highest BCUT2D eigenvalue weighted by Crippen LogP contribution is 2.38. The van der Waals surface area contributed by atoms with E-state index in [9.17, 15) is 4.79 Å². The molecule has 1 fully saturated rings. The third-order valence-electron chi connectivity index (χ3n) is 5.87. The molecule has 0 aromatic heterocycles. The zero-order valence-electron chi connectivity index (χ0n) is 17.2. The van der Waals surface area contributed by atoms with Crippen molar-refractivity contribution in [3.05, 3.63) is 94.0 Å². The molecule has 2 aliphatic heterocycles. The molecule has 0 radical (unpaired) electrons. The number of amides is 1. The lowest BCUT2D eigenvalue weighted by Crippen LogP contribution is -2.18. The minimum atomic E-state index is -0.0925.